The number of likely N-dealkylation sites (tertiary alicyclic amines) is 1. The Morgan fingerprint density at radius 3 is 1.94 bits per heavy atom. The van der Waals surface area contributed by atoms with Gasteiger partial charge in [0.05, 0.1) is 5.56 Å². The van der Waals surface area contributed by atoms with Gasteiger partial charge in [-0.3, -0.25) is 9.69 Å². The van der Waals surface area contributed by atoms with Gasteiger partial charge < -0.3 is 4.90 Å². The van der Waals surface area contributed by atoms with Gasteiger partial charge in [0.25, 0.3) is 5.91 Å². The van der Waals surface area contributed by atoms with Crippen LogP contribution in [-0.2, 0) is 12.7 Å². The molecule has 3 aromatic rings. The molecule has 1 saturated heterocycles. The van der Waals surface area contributed by atoms with Gasteiger partial charge in [0.1, 0.15) is 0 Å². The van der Waals surface area contributed by atoms with Crippen molar-refractivity contribution >= 4 is 24.0 Å². The Bertz CT molecular complexity index is 1020. The van der Waals surface area contributed by atoms with Crippen molar-refractivity contribution in [3.05, 3.63) is 102 Å². The van der Waals surface area contributed by atoms with Crippen LogP contribution < -0.4 is 4.90 Å². The fourth-order valence-electron chi connectivity index (χ4n) is 4.20. The lowest BCUT2D eigenvalue weighted by atomic mass is 10.00. The Hall–Kier alpha value is -2.83. The molecule has 174 valence electrons. The summed E-state index contributed by atoms with van der Waals surface area (Å²) < 4.78 is 38.8. The molecule has 0 spiro atoms. The molecule has 3 aromatic carbocycles. The van der Waals surface area contributed by atoms with E-state index < -0.39 is 11.7 Å². The third-order valence-electron chi connectivity index (χ3n) is 5.88. The molecule has 33 heavy (non-hydrogen) atoms. The first-order chi connectivity index (χ1) is 15.4. The molecule has 7 heteroatoms. The summed E-state index contributed by atoms with van der Waals surface area (Å²) in [6.45, 7) is 2.57. The van der Waals surface area contributed by atoms with Crippen molar-refractivity contribution < 1.29 is 18.0 Å². The summed E-state index contributed by atoms with van der Waals surface area (Å²) in [5, 5.41) is 0. The van der Waals surface area contributed by atoms with Crippen molar-refractivity contribution in [1.29, 1.82) is 0 Å². The number of benzene rings is 3. The maximum absolute atomic E-state index is 13.4. The molecule has 1 fully saturated rings. The summed E-state index contributed by atoms with van der Waals surface area (Å²) in [7, 11) is 0. The highest BCUT2D eigenvalue weighted by Gasteiger charge is 2.32. The summed E-state index contributed by atoms with van der Waals surface area (Å²) in [5.41, 5.74) is 1.52. The van der Waals surface area contributed by atoms with E-state index in [9.17, 15) is 18.0 Å². The number of carbonyl (C=O) groups is 1. The Labute approximate surface area is 198 Å². The molecule has 0 aliphatic carbocycles. The minimum Gasteiger partial charge on any atom is -0.305 e. The van der Waals surface area contributed by atoms with Gasteiger partial charge in [-0.15, -0.1) is 12.4 Å². The van der Waals surface area contributed by atoms with Crippen molar-refractivity contribution in [3.8, 4) is 0 Å². The third-order valence-corrected chi connectivity index (χ3v) is 5.88. The van der Waals surface area contributed by atoms with Crippen LogP contribution in [0.3, 0.4) is 0 Å². The first kappa shape index (κ1) is 24.8. The van der Waals surface area contributed by atoms with E-state index in [0.717, 1.165) is 50.3 Å². The van der Waals surface area contributed by atoms with E-state index in [1.54, 1.807) is 4.90 Å². The number of halogens is 4. The number of anilines is 1. The highest BCUT2D eigenvalue weighted by molar-refractivity contribution is 6.06. The third kappa shape index (κ3) is 6.15. The van der Waals surface area contributed by atoms with Crippen LogP contribution in [-0.4, -0.2) is 29.9 Å². The minimum atomic E-state index is -4.42. The van der Waals surface area contributed by atoms with E-state index in [4.69, 9.17) is 0 Å². The molecule has 0 radical (unpaired) electrons. The Morgan fingerprint density at radius 2 is 1.39 bits per heavy atom. The number of piperidine rings is 1. The molecule has 0 N–H and O–H groups in total. The van der Waals surface area contributed by atoms with Crippen LogP contribution >= 0.6 is 12.4 Å². The highest BCUT2D eigenvalue weighted by atomic mass is 35.5. The zero-order valence-corrected chi connectivity index (χ0v) is 18.9. The second-order valence-electron chi connectivity index (χ2n) is 8.08. The Balaban J connectivity index is 0.00000306. The fourth-order valence-corrected chi connectivity index (χ4v) is 4.20. The summed E-state index contributed by atoms with van der Waals surface area (Å²) in [6, 6.07) is 24.1. The number of para-hydroxylation sites is 1. The van der Waals surface area contributed by atoms with Crippen LogP contribution in [0.5, 0.6) is 0 Å². The quantitative estimate of drug-likeness (QED) is 0.425. The SMILES string of the molecule is Cl.O=C(c1ccc(C(F)(F)F)cc1)N(c1ccccc1)C1CCN(Cc2ccccc2)CC1. The second-order valence-corrected chi connectivity index (χ2v) is 8.08. The number of hydrogen-bond donors (Lipinski definition) is 0. The number of hydrogen-bond acceptors (Lipinski definition) is 2. The maximum Gasteiger partial charge on any atom is 0.416 e. The van der Waals surface area contributed by atoms with Gasteiger partial charge in [-0.2, -0.15) is 13.2 Å². The van der Waals surface area contributed by atoms with Crippen molar-refractivity contribution in [1.82, 2.24) is 4.90 Å². The van der Waals surface area contributed by atoms with Crippen LogP contribution in [0.2, 0.25) is 0 Å². The van der Waals surface area contributed by atoms with Gasteiger partial charge in [0, 0.05) is 36.9 Å². The van der Waals surface area contributed by atoms with Crippen LogP contribution in [0.1, 0.15) is 34.3 Å². The van der Waals surface area contributed by atoms with Crippen molar-refractivity contribution in [2.75, 3.05) is 18.0 Å². The van der Waals surface area contributed by atoms with Crippen molar-refractivity contribution in [3.63, 3.8) is 0 Å². The van der Waals surface area contributed by atoms with E-state index >= 15 is 0 Å². The molecule has 0 atom stereocenters. The molecular weight excluding hydrogens is 449 g/mol. The zero-order chi connectivity index (χ0) is 22.6. The van der Waals surface area contributed by atoms with Crippen molar-refractivity contribution in [2.45, 2.75) is 31.6 Å². The van der Waals surface area contributed by atoms with Gasteiger partial charge in [-0.05, 0) is 54.8 Å². The monoisotopic (exact) mass is 474 g/mol. The van der Waals surface area contributed by atoms with E-state index in [2.05, 4.69) is 17.0 Å². The number of nitrogens with zero attached hydrogens (tertiary/aromatic N) is 2. The molecule has 0 aromatic heterocycles. The topological polar surface area (TPSA) is 23.6 Å². The number of alkyl halides is 3. The van der Waals surface area contributed by atoms with E-state index in [1.165, 1.54) is 17.7 Å². The summed E-state index contributed by atoms with van der Waals surface area (Å²) in [5.74, 6) is -0.272. The standard InChI is InChI=1S/C26H25F3N2O.ClH/c27-26(28,29)22-13-11-21(12-14-22)25(32)31(23-9-5-2-6-10-23)24-15-17-30(18-16-24)19-20-7-3-1-4-8-20;/h1-14,24H,15-19H2;1H. The van der Waals surface area contributed by atoms with E-state index in [-0.39, 0.29) is 29.9 Å². The first-order valence-electron chi connectivity index (χ1n) is 10.7. The summed E-state index contributed by atoms with van der Waals surface area (Å²) in [4.78, 5) is 17.5. The molecule has 0 bridgehead atoms. The molecule has 0 unspecified atom stereocenters. The largest absolute Gasteiger partial charge is 0.416 e. The number of carbonyl (C=O) groups excluding carboxylic acids is 1. The van der Waals surface area contributed by atoms with E-state index in [0.29, 0.717) is 0 Å². The molecule has 3 nitrogen and oxygen atoms in total. The molecule has 1 aliphatic heterocycles. The van der Waals surface area contributed by atoms with Crippen molar-refractivity contribution in [2.24, 2.45) is 0 Å². The maximum atomic E-state index is 13.4. The Kier molecular flexibility index (Phi) is 8.16. The number of amides is 1. The van der Waals surface area contributed by atoms with Gasteiger partial charge in [0.2, 0.25) is 0 Å². The molecule has 0 saturated carbocycles. The fraction of sp³-hybridized carbons (Fsp3) is 0.269. The van der Waals surface area contributed by atoms with Crippen LogP contribution in [0, 0.1) is 0 Å². The first-order valence-corrected chi connectivity index (χ1v) is 10.7. The predicted octanol–water partition coefficient (Wildman–Crippen LogP) is 6.44. The number of rotatable bonds is 5. The zero-order valence-electron chi connectivity index (χ0n) is 18.0. The van der Waals surface area contributed by atoms with Gasteiger partial charge in [0.15, 0.2) is 0 Å². The van der Waals surface area contributed by atoms with Crippen LogP contribution in [0.25, 0.3) is 0 Å². The molecule has 1 amide bonds. The predicted molar refractivity (Wildman–Crippen MR) is 127 cm³/mol. The lowest BCUT2D eigenvalue weighted by Gasteiger charge is -2.38. The average molecular weight is 475 g/mol. The van der Waals surface area contributed by atoms with Gasteiger partial charge >= 0.3 is 6.18 Å². The summed E-state index contributed by atoms with van der Waals surface area (Å²) in [6.07, 6.45) is -2.82. The minimum absolute atomic E-state index is 0. The molecule has 1 aliphatic rings. The van der Waals surface area contributed by atoms with Gasteiger partial charge in [-0.1, -0.05) is 48.5 Å². The Morgan fingerprint density at radius 1 is 0.848 bits per heavy atom. The second kappa shape index (κ2) is 10.9. The molecular formula is C26H26ClF3N2O. The summed E-state index contributed by atoms with van der Waals surface area (Å²) >= 11 is 0. The average Bonchev–Trinajstić information content (AvgIpc) is 2.81. The van der Waals surface area contributed by atoms with E-state index in [1.807, 2.05) is 48.5 Å². The van der Waals surface area contributed by atoms with Crippen LogP contribution in [0.4, 0.5) is 18.9 Å². The molecule has 1 heterocycles. The lowest BCUT2D eigenvalue weighted by Crippen LogP contribution is -2.47. The van der Waals surface area contributed by atoms with Crippen LogP contribution in [0.15, 0.2) is 84.9 Å². The molecule has 4 rings (SSSR count). The lowest BCUT2D eigenvalue weighted by molar-refractivity contribution is -0.137. The highest BCUT2D eigenvalue weighted by Crippen LogP contribution is 2.30. The van der Waals surface area contributed by atoms with Gasteiger partial charge in [-0.25, -0.2) is 0 Å². The normalized spacial score (nSPS) is 15.0. The smallest absolute Gasteiger partial charge is 0.305 e.